The van der Waals surface area contributed by atoms with Gasteiger partial charge < -0.3 is 0 Å². The van der Waals surface area contributed by atoms with Gasteiger partial charge in [0, 0.05) is 19.6 Å². The summed E-state index contributed by atoms with van der Waals surface area (Å²) in [5, 5.41) is 5.62. The molecule has 0 spiro atoms. The molecule has 0 saturated carbocycles. The fourth-order valence-electron chi connectivity index (χ4n) is 4.05. The molecule has 2 atom stereocenters. The van der Waals surface area contributed by atoms with Crippen molar-refractivity contribution in [3.05, 3.63) is 92.9 Å². The van der Waals surface area contributed by atoms with Crippen molar-refractivity contribution >= 4 is 91.0 Å². The van der Waals surface area contributed by atoms with Gasteiger partial charge in [-0.2, -0.15) is 0 Å². The van der Waals surface area contributed by atoms with Crippen LogP contribution in [-0.2, 0) is 4.79 Å². The van der Waals surface area contributed by atoms with E-state index in [0.29, 0.717) is 10.7 Å². The molecule has 0 radical (unpaired) electrons. The van der Waals surface area contributed by atoms with Crippen LogP contribution in [0.4, 0.5) is 0 Å². The lowest BCUT2D eigenvalue weighted by atomic mass is 9.82. The summed E-state index contributed by atoms with van der Waals surface area (Å²) in [6.45, 7) is 0. The lowest BCUT2D eigenvalue weighted by Crippen LogP contribution is -2.23. The number of ketones is 1. The molecule has 2 unspecified atom stereocenters. The maximum atomic E-state index is 13.9. The lowest BCUT2D eigenvalue weighted by Gasteiger charge is -2.23. The lowest BCUT2D eigenvalue weighted by molar-refractivity contribution is -0.120. The summed E-state index contributed by atoms with van der Waals surface area (Å²) in [5.41, 5.74) is 2.12. The van der Waals surface area contributed by atoms with Crippen molar-refractivity contribution in [3.8, 4) is 0 Å². The van der Waals surface area contributed by atoms with Crippen LogP contribution in [0.1, 0.15) is 23.0 Å². The van der Waals surface area contributed by atoms with E-state index in [1.54, 1.807) is 0 Å². The van der Waals surface area contributed by atoms with E-state index in [2.05, 4.69) is 100 Å². The van der Waals surface area contributed by atoms with Gasteiger partial charge in [0.1, 0.15) is 5.78 Å². The van der Waals surface area contributed by atoms with Gasteiger partial charge in [-0.3, -0.25) is 4.79 Å². The minimum Gasteiger partial charge on any atom is -0.298 e. The molecule has 0 amide bonds. The van der Waals surface area contributed by atoms with E-state index < -0.39 is 0 Å². The standard InChI is InChI=1S/C25H18Br4O/c26-13-21(17-9-11-23(28)19-7-3-1-5-15(17)19)25(30)22(14-27)18-10-12-24(29)20-8-4-2-6-16(18)20/h1-12,21-22H,13-14H2. The van der Waals surface area contributed by atoms with Gasteiger partial charge in [-0.05, 0) is 44.8 Å². The van der Waals surface area contributed by atoms with E-state index in [0.717, 1.165) is 41.6 Å². The first-order valence-corrected chi connectivity index (χ1v) is 13.4. The molecule has 0 aromatic heterocycles. The Morgan fingerprint density at radius 3 is 1.33 bits per heavy atom. The molecule has 0 fully saturated rings. The van der Waals surface area contributed by atoms with Crippen molar-refractivity contribution < 1.29 is 4.79 Å². The van der Waals surface area contributed by atoms with Crippen LogP contribution in [0.25, 0.3) is 21.5 Å². The third-order valence-corrected chi connectivity index (χ3v) is 8.23. The SMILES string of the molecule is O=C(C(CBr)c1ccc(Br)c2ccccc12)C(CBr)c1ccc(Br)c2ccccc12. The quantitative estimate of drug-likeness (QED) is 0.190. The summed E-state index contributed by atoms with van der Waals surface area (Å²) in [6, 6.07) is 24.7. The number of Topliss-reactive ketones (excluding diaryl/α,β-unsaturated/α-hetero) is 1. The number of rotatable bonds is 6. The predicted molar refractivity (Wildman–Crippen MR) is 141 cm³/mol. The maximum Gasteiger partial charge on any atom is 0.149 e. The zero-order valence-corrected chi connectivity index (χ0v) is 22.3. The van der Waals surface area contributed by atoms with Crippen LogP contribution in [0.3, 0.4) is 0 Å². The van der Waals surface area contributed by atoms with Gasteiger partial charge in [0.2, 0.25) is 0 Å². The zero-order chi connectivity index (χ0) is 21.3. The molecule has 0 aliphatic heterocycles. The first-order chi connectivity index (χ1) is 14.6. The molecule has 0 saturated heterocycles. The van der Waals surface area contributed by atoms with E-state index in [1.807, 2.05) is 36.4 Å². The minimum absolute atomic E-state index is 0.212. The molecule has 4 aromatic rings. The third kappa shape index (κ3) is 4.06. The van der Waals surface area contributed by atoms with E-state index in [1.165, 1.54) is 0 Å². The number of halogens is 4. The van der Waals surface area contributed by atoms with E-state index in [-0.39, 0.29) is 17.6 Å². The third-order valence-electron chi connectivity index (χ3n) is 5.56. The van der Waals surface area contributed by atoms with Gasteiger partial charge in [0.05, 0.1) is 11.8 Å². The minimum atomic E-state index is -0.243. The highest BCUT2D eigenvalue weighted by Crippen LogP contribution is 2.38. The number of hydrogen-bond donors (Lipinski definition) is 0. The Bertz CT molecular complexity index is 1140. The van der Waals surface area contributed by atoms with Crippen LogP contribution >= 0.6 is 63.7 Å². The normalized spacial score (nSPS) is 13.5. The van der Waals surface area contributed by atoms with Crippen molar-refractivity contribution in [2.45, 2.75) is 11.8 Å². The summed E-state index contributed by atoms with van der Waals surface area (Å²) < 4.78 is 2.08. The Morgan fingerprint density at radius 2 is 0.967 bits per heavy atom. The van der Waals surface area contributed by atoms with Gasteiger partial charge in [-0.1, -0.05) is 124 Å². The molecule has 5 heteroatoms. The van der Waals surface area contributed by atoms with Gasteiger partial charge in [0.25, 0.3) is 0 Å². The van der Waals surface area contributed by atoms with E-state index in [9.17, 15) is 4.79 Å². The molecule has 152 valence electrons. The Hall–Kier alpha value is -1.01. The number of alkyl halides is 2. The maximum absolute atomic E-state index is 13.9. The molecule has 0 heterocycles. The highest BCUT2D eigenvalue weighted by atomic mass is 79.9. The molecule has 0 N–H and O–H groups in total. The van der Waals surface area contributed by atoms with Crippen LogP contribution < -0.4 is 0 Å². The predicted octanol–water partition coefficient (Wildman–Crippen LogP) is 8.74. The van der Waals surface area contributed by atoms with Crippen molar-refractivity contribution in [2.24, 2.45) is 0 Å². The fraction of sp³-hybridized carbons (Fsp3) is 0.160. The Labute approximate surface area is 209 Å². The zero-order valence-electron chi connectivity index (χ0n) is 15.9. The van der Waals surface area contributed by atoms with Crippen LogP contribution in [0, 0.1) is 0 Å². The van der Waals surface area contributed by atoms with Crippen molar-refractivity contribution in [3.63, 3.8) is 0 Å². The fourth-order valence-corrected chi connectivity index (χ4v) is 6.34. The number of hydrogen-bond acceptors (Lipinski definition) is 1. The van der Waals surface area contributed by atoms with Crippen LogP contribution in [0.5, 0.6) is 0 Å². The Morgan fingerprint density at radius 1 is 0.600 bits per heavy atom. The summed E-state index contributed by atoms with van der Waals surface area (Å²) in [7, 11) is 0. The van der Waals surface area contributed by atoms with Gasteiger partial charge in [0.15, 0.2) is 0 Å². The van der Waals surface area contributed by atoms with Crippen molar-refractivity contribution in [1.82, 2.24) is 0 Å². The number of benzene rings is 4. The molecule has 0 bridgehead atoms. The molecule has 30 heavy (non-hydrogen) atoms. The summed E-state index contributed by atoms with van der Waals surface area (Å²) >= 11 is 14.6. The molecule has 0 aliphatic carbocycles. The summed E-state index contributed by atoms with van der Waals surface area (Å²) in [5.74, 6) is -0.274. The first-order valence-electron chi connectivity index (χ1n) is 9.56. The van der Waals surface area contributed by atoms with Crippen LogP contribution in [0.15, 0.2) is 81.7 Å². The molecule has 4 rings (SSSR count). The Balaban J connectivity index is 1.83. The second-order valence-electron chi connectivity index (χ2n) is 7.18. The average molecular weight is 654 g/mol. The molecular weight excluding hydrogens is 636 g/mol. The van der Waals surface area contributed by atoms with Crippen LogP contribution in [0.2, 0.25) is 0 Å². The molecular formula is C25H18Br4O. The largest absolute Gasteiger partial charge is 0.298 e. The van der Waals surface area contributed by atoms with E-state index in [4.69, 9.17) is 0 Å². The van der Waals surface area contributed by atoms with Crippen molar-refractivity contribution in [2.75, 3.05) is 10.7 Å². The second kappa shape index (κ2) is 9.64. The van der Waals surface area contributed by atoms with Crippen molar-refractivity contribution in [1.29, 1.82) is 0 Å². The Kier molecular flexibility index (Phi) is 7.13. The molecule has 1 nitrogen and oxygen atoms in total. The highest BCUT2D eigenvalue weighted by molar-refractivity contribution is 9.11. The average Bonchev–Trinajstić information content (AvgIpc) is 2.78. The summed E-state index contributed by atoms with van der Waals surface area (Å²) in [4.78, 5) is 13.9. The first kappa shape index (κ1) is 22.2. The molecule has 4 aromatic carbocycles. The molecule has 0 aliphatic rings. The van der Waals surface area contributed by atoms with Gasteiger partial charge >= 0.3 is 0 Å². The van der Waals surface area contributed by atoms with Gasteiger partial charge in [-0.15, -0.1) is 0 Å². The summed E-state index contributed by atoms with van der Waals surface area (Å²) in [6.07, 6.45) is 0. The second-order valence-corrected chi connectivity index (χ2v) is 10.2. The van der Waals surface area contributed by atoms with Crippen LogP contribution in [-0.4, -0.2) is 16.4 Å². The van der Waals surface area contributed by atoms with E-state index >= 15 is 0 Å². The number of fused-ring (bicyclic) bond motifs is 2. The topological polar surface area (TPSA) is 17.1 Å². The highest BCUT2D eigenvalue weighted by Gasteiger charge is 2.30. The van der Waals surface area contributed by atoms with Gasteiger partial charge in [-0.25, -0.2) is 0 Å². The smallest absolute Gasteiger partial charge is 0.149 e. The number of carbonyl (C=O) groups is 1. The monoisotopic (exact) mass is 650 g/mol. The number of carbonyl (C=O) groups excluding carboxylic acids is 1.